The number of ether oxygens (including phenoxy) is 3. The Morgan fingerprint density at radius 1 is 1.06 bits per heavy atom. The molecule has 1 aliphatic rings. The van der Waals surface area contributed by atoms with Crippen LogP contribution < -0.4 is 14.2 Å². The maximum Gasteiger partial charge on any atom is 0.161 e. The summed E-state index contributed by atoms with van der Waals surface area (Å²) >= 11 is 0. The fourth-order valence-corrected chi connectivity index (χ4v) is 2.60. The Hall–Kier alpha value is -1.90. The van der Waals surface area contributed by atoms with Crippen molar-refractivity contribution in [2.24, 2.45) is 0 Å². The first kappa shape index (κ1) is 11.2. The number of fused-ring (bicyclic) bond motifs is 3. The molecule has 0 bridgehead atoms. The molecule has 0 aliphatic carbocycles. The zero-order chi connectivity index (χ0) is 12.7. The summed E-state index contributed by atoms with van der Waals surface area (Å²) in [5, 5.41) is 2.23. The second-order valence-electron chi connectivity index (χ2n) is 4.53. The van der Waals surface area contributed by atoms with Gasteiger partial charge in [-0.15, -0.1) is 0 Å². The van der Waals surface area contributed by atoms with Crippen molar-refractivity contribution in [3.8, 4) is 17.2 Å². The molecule has 1 aliphatic heterocycles. The Kier molecular flexibility index (Phi) is 2.54. The van der Waals surface area contributed by atoms with Crippen LogP contribution in [0.4, 0.5) is 0 Å². The molecule has 18 heavy (non-hydrogen) atoms. The average Bonchev–Trinajstić information content (AvgIpc) is 2.87. The number of hydrogen-bond donors (Lipinski definition) is 0. The van der Waals surface area contributed by atoms with E-state index in [4.69, 9.17) is 14.2 Å². The predicted octanol–water partition coefficient (Wildman–Crippen LogP) is 3.10. The van der Waals surface area contributed by atoms with Gasteiger partial charge in [0, 0.05) is 17.4 Å². The third-order valence-corrected chi connectivity index (χ3v) is 3.52. The van der Waals surface area contributed by atoms with E-state index in [-0.39, 0.29) is 0 Å². The van der Waals surface area contributed by atoms with Gasteiger partial charge in [-0.05, 0) is 30.0 Å². The Morgan fingerprint density at radius 3 is 2.50 bits per heavy atom. The molecule has 94 valence electrons. The first-order valence-electron chi connectivity index (χ1n) is 6.05. The Morgan fingerprint density at radius 2 is 1.78 bits per heavy atom. The van der Waals surface area contributed by atoms with Gasteiger partial charge in [0.25, 0.3) is 0 Å². The maximum atomic E-state index is 5.77. The largest absolute Gasteiger partial charge is 0.493 e. The number of methoxy groups -OCH3 is 2. The summed E-state index contributed by atoms with van der Waals surface area (Å²) in [6.07, 6.45) is 0.992. The van der Waals surface area contributed by atoms with Crippen LogP contribution in [-0.2, 0) is 6.42 Å². The molecule has 3 nitrogen and oxygen atoms in total. The lowest BCUT2D eigenvalue weighted by Crippen LogP contribution is -1.92. The monoisotopic (exact) mass is 244 g/mol. The first-order chi connectivity index (χ1) is 8.74. The van der Waals surface area contributed by atoms with Crippen molar-refractivity contribution in [2.45, 2.75) is 13.3 Å². The molecular weight excluding hydrogens is 228 g/mol. The second-order valence-corrected chi connectivity index (χ2v) is 4.53. The summed E-state index contributed by atoms with van der Waals surface area (Å²) in [7, 11) is 3.30. The van der Waals surface area contributed by atoms with Crippen LogP contribution in [0.25, 0.3) is 10.8 Å². The van der Waals surface area contributed by atoms with Crippen molar-refractivity contribution in [2.75, 3.05) is 20.8 Å². The molecule has 0 spiro atoms. The lowest BCUT2D eigenvalue weighted by atomic mass is 9.99. The summed E-state index contributed by atoms with van der Waals surface area (Å²) in [5.74, 6) is 2.50. The minimum atomic E-state index is 0.742. The van der Waals surface area contributed by atoms with Crippen molar-refractivity contribution >= 4 is 10.8 Å². The van der Waals surface area contributed by atoms with Crippen LogP contribution in [-0.4, -0.2) is 20.8 Å². The molecule has 0 atom stereocenters. The molecule has 0 aromatic heterocycles. The smallest absolute Gasteiger partial charge is 0.161 e. The highest BCUT2D eigenvalue weighted by Crippen LogP contribution is 2.41. The van der Waals surface area contributed by atoms with E-state index in [0.717, 1.165) is 41.0 Å². The van der Waals surface area contributed by atoms with E-state index < -0.39 is 0 Å². The van der Waals surface area contributed by atoms with Crippen LogP contribution in [0.15, 0.2) is 18.2 Å². The normalized spacial score (nSPS) is 13.3. The van der Waals surface area contributed by atoms with E-state index in [0.29, 0.717) is 0 Å². The molecule has 0 saturated heterocycles. The fourth-order valence-electron chi connectivity index (χ4n) is 2.60. The summed E-state index contributed by atoms with van der Waals surface area (Å²) in [6.45, 7) is 2.90. The number of hydrogen-bond acceptors (Lipinski definition) is 3. The van der Waals surface area contributed by atoms with Crippen molar-refractivity contribution < 1.29 is 14.2 Å². The average molecular weight is 244 g/mol. The Labute approximate surface area is 106 Å². The molecule has 2 aromatic rings. The summed E-state index contributed by atoms with van der Waals surface area (Å²) < 4.78 is 16.5. The van der Waals surface area contributed by atoms with Gasteiger partial charge in [0.2, 0.25) is 0 Å². The van der Waals surface area contributed by atoms with Crippen molar-refractivity contribution in [1.29, 1.82) is 0 Å². The predicted molar refractivity (Wildman–Crippen MR) is 71.0 cm³/mol. The topological polar surface area (TPSA) is 27.7 Å². The zero-order valence-corrected chi connectivity index (χ0v) is 10.9. The van der Waals surface area contributed by atoms with Crippen molar-refractivity contribution in [3.63, 3.8) is 0 Å². The van der Waals surface area contributed by atoms with Gasteiger partial charge < -0.3 is 14.2 Å². The van der Waals surface area contributed by atoms with Gasteiger partial charge in [-0.2, -0.15) is 0 Å². The van der Waals surface area contributed by atoms with Gasteiger partial charge in [-0.1, -0.05) is 6.07 Å². The first-order valence-corrected chi connectivity index (χ1v) is 6.05. The van der Waals surface area contributed by atoms with E-state index in [1.807, 2.05) is 12.1 Å². The fraction of sp³-hybridized carbons (Fsp3) is 0.333. The number of rotatable bonds is 2. The molecule has 0 fully saturated rings. The standard InChI is InChI=1S/C15H16O3/c1-9-6-10-7-13(16-2)14(17-3)8-12(10)15-11(9)4-5-18-15/h6-8H,4-5H2,1-3H3. The van der Waals surface area contributed by atoms with Crippen LogP contribution in [0, 0.1) is 6.92 Å². The van der Waals surface area contributed by atoms with Crippen LogP contribution in [0.2, 0.25) is 0 Å². The molecule has 0 N–H and O–H groups in total. The van der Waals surface area contributed by atoms with Gasteiger partial charge >= 0.3 is 0 Å². The lowest BCUT2D eigenvalue weighted by molar-refractivity contribution is 0.353. The SMILES string of the molecule is COc1cc2cc(C)c3c(c2cc1OC)OCC3. The van der Waals surface area contributed by atoms with E-state index in [1.165, 1.54) is 11.1 Å². The van der Waals surface area contributed by atoms with E-state index in [2.05, 4.69) is 13.0 Å². The minimum absolute atomic E-state index is 0.742. The quantitative estimate of drug-likeness (QED) is 0.812. The molecule has 0 radical (unpaired) electrons. The van der Waals surface area contributed by atoms with Crippen LogP contribution in [0.1, 0.15) is 11.1 Å². The van der Waals surface area contributed by atoms with Crippen molar-refractivity contribution in [3.05, 3.63) is 29.3 Å². The molecule has 2 aromatic carbocycles. The molecule has 1 heterocycles. The minimum Gasteiger partial charge on any atom is -0.493 e. The van der Waals surface area contributed by atoms with E-state index in [1.54, 1.807) is 14.2 Å². The summed E-state index contributed by atoms with van der Waals surface area (Å²) in [6, 6.07) is 6.19. The molecule has 3 rings (SSSR count). The highest BCUT2D eigenvalue weighted by atomic mass is 16.5. The molecule has 0 saturated carbocycles. The van der Waals surface area contributed by atoms with Gasteiger partial charge in [0.05, 0.1) is 20.8 Å². The van der Waals surface area contributed by atoms with Crippen molar-refractivity contribution in [1.82, 2.24) is 0 Å². The van der Waals surface area contributed by atoms with Gasteiger partial charge in [-0.25, -0.2) is 0 Å². The van der Waals surface area contributed by atoms with E-state index in [9.17, 15) is 0 Å². The van der Waals surface area contributed by atoms with Crippen LogP contribution in [0.5, 0.6) is 17.2 Å². The number of benzene rings is 2. The highest BCUT2D eigenvalue weighted by molar-refractivity contribution is 5.93. The summed E-state index contributed by atoms with van der Waals surface area (Å²) in [4.78, 5) is 0. The zero-order valence-electron chi connectivity index (χ0n) is 10.9. The maximum absolute atomic E-state index is 5.77. The molecule has 0 unspecified atom stereocenters. The third kappa shape index (κ3) is 1.50. The summed E-state index contributed by atoms with van der Waals surface area (Å²) in [5.41, 5.74) is 2.59. The Bertz CT molecular complexity index is 617. The molecule has 3 heteroatoms. The van der Waals surface area contributed by atoms with Gasteiger partial charge in [-0.3, -0.25) is 0 Å². The van der Waals surface area contributed by atoms with Crippen LogP contribution in [0.3, 0.4) is 0 Å². The number of aryl methyl sites for hydroxylation is 1. The highest BCUT2D eigenvalue weighted by Gasteiger charge is 2.19. The molecular formula is C15H16O3. The molecule has 0 amide bonds. The van der Waals surface area contributed by atoms with Gasteiger partial charge in [0.15, 0.2) is 11.5 Å². The Balaban J connectivity index is 2.34. The lowest BCUT2D eigenvalue weighted by Gasteiger charge is -2.12. The van der Waals surface area contributed by atoms with Crippen LogP contribution >= 0.6 is 0 Å². The van der Waals surface area contributed by atoms with E-state index >= 15 is 0 Å². The third-order valence-electron chi connectivity index (χ3n) is 3.52. The van der Waals surface area contributed by atoms with Gasteiger partial charge in [0.1, 0.15) is 5.75 Å². The second kappa shape index (κ2) is 4.09.